The summed E-state index contributed by atoms with van der Waals surface area (Å²) >= 11 is 0. The Balaban J connectivity index is 0.000000453. The minimum atomic E-state index is 0. The van der Waals surface area contributed by atoms with Crippen molar-refractivity contribution in [3.05, 3.63) is 93.7 Å². The van der Waals surface area contributed by atoms with E-state index in [9.17, 15) is 0 Å². The minimum Gasteiger partial charge on any atom is -0.497 e. The van der Waals surface area contributed by atoms with Crippen molar-refractivity contribution < 1.29 is 26.5 Å². The van der Waals surface area contributed by atoms with Crippen molar-refractivity contribution >= 4 is 5.95 Å². The molecular weight excluding hydrogens is 454 g/mol. The standard InChI is InChI=1S/C22H24N3O2.C5H5.Fe/c1-26-17-10-11-21(27-2)18(14-17)20-15-19(16-8-4-5-9-16)23-22(24-20)25-12-6-3-7-13-25;1-2-4-5-3-1;/h4-5,8-11,14-15H,3,6-7,12-13H2,1-2H3;1-5H;/q;;+2. The van der Waals surface area contributed by atoms with Gasteiger partial charge < -0.3 is 14.4 Å². The van der Waals surface area contributed by atoms with E-state index in [-0.39, 0.29) is 17.1 Å². The van der Waals surface area contributed by atoms with Gasteiger partial charge in [-0.2, -0.15) is 0 Å². The van der Waals surface area contributed by atoms with Crippen molar-refractivity contribution in [2.45, 2.75) is 19.3 Å². The van der Waals surface area contributed by atoms with Crippen molar-refractivity contribution in [1.82, 2.24) is 9.97 Å². The average Bonchev–Trinajstić information content (AvgIpc) is 3.61. The smallest absolute Gasteiger partial charge is 0.497 e. The molecule has 2 aromatic rings. The van der Waals surface area contributed by atoms with Crippen LogP contribution in [0.1, 0.15) is 25.0 Å². The molecule has 0 spiro atoms. The molecule has 2 saturated carbocycles. The molecule has 1 aliphatic heterocycles. The van der Waals surface area contributed by atoms with Gasteiger partial charge in [0.05, 0.1) is 25.6 Å². The molecule has 33 heavy (non-hydrogen) atoms. The molecule has 1 aromatic carbocycles. The molecule has 0 atom stereocenters. The van der Waals surface area contributed by atoms with Gasteiger partial charge in [0.25, 0.3) is 0 Å². The van der Waals surface area contributed by atoms with Gasteiger partial charge >= 0.3 is 17.1 Å². The Morgan fingerprint density at radius 1 is 0.727 bits per heavy atom. The zero-order valence-corrected chi connectivity index (χ0v) is 20.2. The Morgan fingerprint density at radius 3 is 1.97 bits per heavy atom. The maximum atomic E-state index is 5.59. The topological polar surface area (TPSA) is 47.5 Å². The molecule has 1 aromatic heterocycles. The van der Waals surface area contributed by atoms with Gasteiger partial charge in [-0.15, -0.1) is 0 Å². The second-order valence-corrected chi connectivity index (χ2v) is 7.69. The van der Waals surface area contributed by atoms with E-state index >= 15 is 0 Å². The number of ether oxygens (including phenoxy) is 2. The first-order valence-electron chi connectivity index (χ1n) is 11.0. The number of anilines is 1. The number of piperidine rings is 1. The zero-order chi connectivity index (χ0) is 22.2. The quantitative estimate of drug-likeness (QED) is 0.565. The largest absolute Gasteiger partial charge is 2.00 e. The maximum Gasteiger partial charge on any atom is 2.00 e. The van der Waals surface area contributed by atoms with E-state index in [0.717, 1.165) is 53.4 Å². The van der Waals surface area contributed by atoms with Crippen LogP contribution in [0.5, 0.6) is 11.5 Å². The molecule has 6 heteroatoms. The van der Waals surface area contributed by atoms with E-state index in [0.29, 0.717) is 0 Å². The average molecular weight is 483 g/mol. The van der Waals surface area contributed by atoms with Gasteiger partial charge in [-0.1, -0.05) is 0 Å². The SMILES string of the molecule is COc1ccc(OC)c(-c2cc([C]3[CH][CH][CH][CH]3)nc(N3CCCCC3)n2)c1.[CH]1[CH][CH][CH][CH]1.[Fe+2]. The first-order chi connectivity index (χ1) is 15.8. The van der Waals surface area contributed by atoms with E-state index in [2.05, 4.69) is 17.7 Å². The molecule has 2 heterocycles. The third kappa shape index (κ3) is 6.86. The first-order valence-corrected chi connectivity index (χ1v) is 11.0. The molecule has 1 saturated heterocycles. The Hall–Kier alpha value is -1.78. The van der Waals surface area contributed by atoms with E-state index in [4.69, 9.17) is 19.4 Å². The predicted molar refractivity (Wildman–Crippen MR) is 128 cm³/mol. The van der Waals surface area contributed by atoms with Crippen LogP contribution in [0.25, 0.3) is 11.3 Å². The van der Waals surface area contributed by atoms with E-state index in [1.807, 2.05) is 69.2 Å². The fraction of sp³-hybridized carbons (Fsp3) is 0.259. The summed E-state index contributed by atoms with van der Waals surface area (Å²) in [6, 6.07) is 7.81. The molecule has 10 radical (unpaired) electrons. The number of aromatic nitrogens is 2. The number of hydrogen-bond acceptors (Lipinski definition) is 5. The van der Waals surface area contributed by atoms with Crippen molar-refractivity contribution in [1.29, 1.82) is 0 Å². The van der Waals surface area contributed by atoms with Crippen LogP contribution in [0.3, 0.4) is 0 Å². The normalized spacial score (nSPS) is 18.3. The molecule has 0 N–H and O–H groups in total. The fourth-order valence-corrected chi connectivity index (χ4v) is 3.84. The molecule has 3 aliphatic rings. The second kappa shape index (κ2) is 13.2. The molecule has 0 amide bonds. The summed E-state index contributed by atoms with van der Waals surface area (Å²) in [5.41, 5.74) is 2.68. The van der Waals surface area contributed by atoms with Crippen LogP contribution in [-0.4, -0.2) is 37.3 Å². The van der Waals surface area contributed by atoms with Crippen LogP contribution in [0.15, 0.2) is 24.3 Å². The van der Waals surface area contributed by atoms with Crippen LogP contribution >= 0.6 is 0 Å². The Morgan fingerprint density at radius 2 is 1.36 bits per heavy atom. The van der Waals surface area contributed by atoms with Crippen molar-refractivity contribution in [2.24, 2.45) is 0 Å². The summed E-state index contributed by atoms with van der Waals surface area (Å²) in [5.74, 6) is 3.43. The molecule has 170 valence electrons. The summed E-state index contributed by atoms with van der Waals surface area (Å²) in [4.78, 5) is 12.1. The second-order valence-electron chi connectivity index (χ2n) is 7.69. The van der Waals surface area contributed by atoms with Crippen molar-refractivity contribution in [2.75, 3.05) is 32.2 Å². The van der Waals surface area contributed by atoms with Gasteiger partial charge in [-0.25, -0.2) is 9.97 Å². The third-order valence-corrected chi connectivity index (χ3v) is 5.55. The molecule has 3 fully saturated rings. The van der Waals surface area contributed by atoms with Crippen molar-refractivity contribution in [3.63, 3.8) is 0 Å². The Bertz CT molecular complexity index is 853. The van der Waals surface area contributed by atoms with Gasteiger partial charge in [0.15, 0.2) is 0 Å². The van der Waals surface area contributed by atoms with Gasteiger partial charge in [0.2, 0.25) is 5.95 Å². The number of methoxy groups -OCH3 is 2. The maximum absolute atomic E-state index is 5.59. The van der Waals surface area contributed by atoms with Gasteiger partial charge in [0, 0.05) is 24.6 Å². The monoisotopic (exact) mass is 483 g/mol. The molecule has 2 aliphatic carbocycles. The molecule has 0 unspecified atom stereocenters. The molecule has 5 nitrogen and oxygen atoms in total. The van der Waals surface area contributed by atoms with Crippen LogP contribution in [0, 0.1) is 63.7 Å². The minimum absolute atomic E-state index is 0. The molecule has 0 bridgehead atoms. The van der Waals surface area contributed by atoms with Gasteiger partial charge in [-0.05, 0) is 101 Å². The van der Waals surface area contributed by atoms with Gasteiger partial charge in [0.1, 0.15) is 11.5 Å². The summed E-state index contributed by atoms with van der Waals surface area (Å²) in [6.45, 7) is 2.00. The molecular formula is C27H29FeN3O2+2. The number of rotatable bonds is 5. The fourth-order valence-electron chi connectivity index (χ4n) is 3.84. The van der Waals surface area contributed by atoms with Crippen LogP contribution in [0.4, 0.5) is 5.95 Å². The van der Waals surface area contributed by atoms with E-state index < -0.39 is 0 Å². The van der Waals surface area contributed by atoms with Crippen LogP contribution in [-0.2, 0) is 17.1 Å². The van der Waals surface area contributed by atoms with Crippen LogP contribution in [0.2, 0.25) is 0 Å². The zero-order valence-electron chi connectivity index (χ0n) is 19.1. The predicted octanol–water partition coefficient (Wildman–Crippen LogP) is 4.92. The van der Waals surface area contributed by atoms with Crippen molar-refractivity contribution in [3.8, 4) is 22.8 Å². The number of benzene rings is 1. The summed E-state index contributed by atoms with van der Waals surface area (Å²) in [6.07, 6.45) is 21.9. The van der Waals surface area contributed by atoms with Gasteiger partial charge in [-0.3, -0.25) is 0 Å². The summed E-state index contributed by atoms with van der Waals surface area (Å²) in [7, 11) is 3.34. The Kier molecular flexibility index (Phi) is 10.3. The van der Waals surface area contributed by atoms with Crippen LogP contribution < -0.4 is 14.4 Å². The third-order valence-electron chi connectivity index (χ3n) is 5.55. The van der Waals surface area contributed by atoms with E-state index in [1.54, 1.807) is 14.2 Å². The first kappa shape index (κ1) is 25.8. The van der Waals surface area contributed by atoms with E-state index in [1.165, 1.54) is 19.3 Å². The number of hydrogen-bond donors (Lipinski definition) is 0. The summed E-state index contributed by atoms with van der Waals surface area (Å²) < 4.78 is 11.0. The molecule has 5 rings (SSSR count). The summed E-state index contributed by atoms with van der Waals surface area (Å²) in [5, 5.41) is 0. The number of nitrogens with zero attached hydrogens (tertiary/aromatic N) is 3. The Labute approximate surface area is 210 Å².